The van der Waals surface area contributed by atoms with Crippen molar-refractivity contribution in [2.45, 2.75) is 26.3 Å². The molecular weight excluding hydrogens is 148 g/mol. The van der Waals surface area contributed by atoms with Gasteiger partial charge in [0.25, 0.3) is 0 Å². The van der Waals surface area contributed by atoms with Gasteiger partial charge >= 0.3 is 0 Å². The Kier molecular flexibility index (Phi) is 3.74. The molecule has 2 nitrogen and oxygen atoms in total. The van der Waals surface area contributed by atoms with Crippen molar-refractivity contribution in [1.82, 2.24) is 4.90 Å². The van der Waals surface area contributed by atoms with E-state index in [-0.39, 0.29) is 5.54 Å². The molecule has 0 spiro atoms. The van der Waals surface area contributed by atoms with Gasteiger partial charge in [0.2, 0.25) is 0 Å². The molecule has 0 heterocycles. The molecule has 0 unspecified atom stereocenters. The lowest BCUT2D eigenvalue weighted by molar-refractivity contribution is 0.320. The van der Waals surface area contributed by atoms with Gasteiger partial charge in [-0.3, -0.25) is 0 Å². The first-order valence-corrected chi connectivity index (χ1v) is 3.98. The number of aliphatic imine (C=N–C) groups is 1. The molecule has 0 aliphatic carbocycles. The normalized spacial score (nSPS) is 12.5. The maximum atomic E-state index is 4.10. The van der Waals surface area contributed by atoms with E-state index < -0.39 is 0 Å². The fourth-order valence-corrected chi connectivity index (χ4v) is 0.773. The van der Waals surface area contributed by atoms with Crippen molar-refractivity contribution in [2.75, 3.05) is 7.05 Å². The van der Waals surface area contributed by atoms with Crippen LogP contribution >= 0.6 is 0 Å². The first-order valence-electron chi connectivity index (χ1n) is 3.98. The monoisotopic (exact) mass is 166 g/mol. The van der Waals surface area contributed by atoms with E-state index in [2.05, 4.69) is 36.9 Å². The first-order chi connectivity index (χ1) is 5.45. The molecule has 0 bridgehead atoms. The van der Waals surface area contributed by atoms with Crippen LogP contribution in [0.15, 0.2) is 30.4 Å². The molecule has 0 saturated heterocycles. The van der Waals surface area contributed by atoms with E-state index in [0.29, 0.717) is 0 Å². The van der Waals surface area contributed by atoms with Crippen LogP contribution in [-0.4, -0.2) is 23.3 Å². The number of nitrogens with zero attached hydrogens (tertiary/aromatic N) is 2. The summed E-state index contributed by atoms with van der Waals surface area (Å²) in [6, 6.07) is 0. The third kappa shape index (κ3) is 2.53. The van der Waals surface area contributed by atoms with Crippen LogP contribution in [0.3, 0.4) is 0 Å². The fourth-order valence-electron chi connectivity index (χ4n) is 0.773. The van der Waals surface area contributed by atoms with Gasteiger partial charge in [-0.2, -0.15) is 0 Å². The molecule has 0 N–H and O–H groups in total. The molecule has 12 heavy (non-hydrogen) atoms. The summed E-state index contributed by atoms with van der Waals surface area (Å²) in [5, 5.41) is 0. The van der Waals surface area contributed by atoms with Gasteiger partial charge in [0.15, 0.2) is 0 Å². The highest BCUT2D eigenvalue weighted by molar-refractivity contribution is 5.80. The van der Waals surface area contributed by atoms with Crippen LogP contribution in [0.4, 0.5) is 0 Å². The predicted octanol–water partition coefficient (Wildman–Crippen LogP) is 2.44. The van der Waals surface area contributed by atoms with Crippen LogP contribution in [0.2, 0.25) is 0 Å². The quantitative estimate of drug-likeness (QED) is 0.357. The second kappa shape index (κ2) is 4.10. The summed E-state index contributed by atoms with van der Waals surface area (Å²) >= 11 is 0. The van der Waals surface area contributed by atoms with Crippen molar-refractivity contribution in [3.63, 3.8) is 0 Å². The molecule has 0 aliphatic heterocycles. The summed E-state index contributed by atoms with van der Waals surface area (Å²) in [4.78, 5) is 6.15. The van der Waals surface area contributed by atoms with E-state index in [1.807, 2.05) is 20.0 Å². The molecule has 0 atom stereocenters. The summed E-state index contributed by atoms with van der Waals surface area (Å²) < 4.78 is 0. The van der Waals surface area contributed by atoms with Crippen molar-refractivity contribution >= 4 is 5.84 Å². The van der Waals surface area contributed by atoms with Gasteiger partial charge < -0.3 is 4.90 Å². The molecular formula is C10H18N2. The molecule has 0 saturated carbocycles. The standard InChI is InChI=1S/C10H18N2/c1-7-10(4,5)12(6)9(3)11-8-2/h7-8H,1-2H2,3-6H3. The number of rotatable bonds is 3. The van der Waals surface area contributed by atoms with Crippen LogP contribution in [0.25, 0.3) is 0 Å². The van der Waals surface area contributed by atoms with Gasteiger partial charge in [0, 0.05) is 13.2 Å². The molecule has 0 radical (unpaired) electrons. The van der Waals surface area contributed by atoms with E-state index in [1.54, 1.807) is 6.20 Å². The van der Waals surface area contributed by atoms with Gasteiger partial charge in [-0.25, -0.2) is 4.99 Å². The Labute approximate surface area is 75.3 Å². The Morgan fingerprint density at radius 2 is 1.92 bits per heavy atom. The van der Waals surface area contributed by atoms with Gasteiger partial charge in [-0.05, 0) is 20.8 Å². The smallest absolute Gasteiger partial charge is 0.101 e. The summed E-state index contributed by atoms with van der Waals surface area (Å²) in [6.07, 6.45) is 3.44. The average Bonchev–Trinajstić information content (AvgIpc) is 2.03. The molecule has 0 aliphatic rings. The minimum absolute atomic E-state index is 0.0589. The largest absolute Gasteiger partial charge is 0.355 e. The zero-order chi connectivity index (χ0) is 9.78. The van der Waals surface area contributed by atoms with Crippen LogP contribution in [0, 0.1) is 0 Å². The lowest BCUT2D eigenvalue weighted by atomic mass is 10.0. The van der Waals surface area contributed by atoms with Crippen LogP contribution in [-0.2, 0) is 0 Å². The fraction of sp³-hybridized carbons (Fsp3) is 0.500. The highest BCUT2D eigenvalue weighted by Crippen LogP contribution is 2.13. The molecule has 68 valence electrons. The number of hydrogen-bond donors (Lipinski definition) is 0. The topological polar surface area (TPSA) is 15.6 Å². The SMILES string of the molecule is C=CN=C(C)N(C)C(C)(C)C=C. The lowest BCUT2D eigenvalue weighted by Crippen LogP contribution is -2.42. The summed E-state index contributed by atoms with van der Waals surface area (Å²) in [7, 11) is 1.99. The van der Waals surface area contributed by atoms with Crippen molar-refractivity contribution in [1.29, 1.82) is 0 Å². The number of likely N-dealkylation sites (N-methyl/N-ethyl adjacent to an activating group) is 1. The zero-order valence-corrected chi connectivity index (χ0v) is 8.46. The Bertz CT molecular complexity index is 202. The van der Waals surface area contributed by atoms with Gasteiger partial charge in [-0.15, -0.1) is 6.58 Å². The molecule has 0 aromatic carbocycles. The molecule has 0 aromatic rings. The third-order valence-electron chi connectivity index (χ3n) is 2.13. The Morgan fingerprint density at radius 3 is 2.25 bits per heavy atom. The molecule has 2 heteroatoms. The number of hydrogen-bond acceptors (Lipinski definition) is 1. The highest BCUT2D eigenvalue weighted by atomic mass is 15.2. The minimum atomic E-state index is -0.0589. The first kappa shape index (κ1) is 11.0. The van der Waals surface area contributed by atoms with Crippen LogP contribution in [0.5, 0.6) is 0 Å². The van der Waals surface area contributed by atoms with E-state index in [0.717, 1.165) is 5.84 Å². The zero-order valence-electron chi connectivity index (χ0n) is 8.46. The Hall–Kier alpha value is -1.05. The Morgan fingerprint density at radius 1 is 1.42 bits per heavy atom. The highest BCUT2D eigenvalue weighted by Gasteiger charge is 2.19. The summed E-state index contributed by atoms with van der Waals surface area (Å²) in [5.74, 6) is 0.940. The van der Waals surface area contributed by atoms with Gasteiger partial charge in [0.05, 0.1) is 5.54 Å². The second-order valence-corrected chi connectivity index (χ2v) is 3.28. The summed E-state index contributed by atoms with van der Waals surface area (Å²) in [5.41, 5.74) is -0.0589. The van der Waals surface area contributed by atoms with E-state index in [1.165, 1.54) is 0 Å². The van der Waals surface area contributed by atoms with Gasteiger partial charge in [-0.1, -0.05) is 12.7 Å². The van der Waals surface area contributed by atoms with E-state index in [9.17, 15) is 0 Å². The Balaban J connectivity index is 4.58. The molecule has 0 aromatic heterocycles. The maximum absolute atomic E-state index is 4.10. The van der Waals surface area contributed by atoms with Crippen molar-refractivity contribution in [3.05, 3.63) is 25.4 Å². The number of amidine groups is 1. The third-order valence-corrected chi connectivity index (χ3v) is 2.13. The molecule has 0 rings (SSSR count). The van der Waals surface area contributed by atoms with Crippen molar-refractivity contribution in [2.24, 2.45) is 4.99 Å². The van der Waals surface area contributed by atoms with Crippen molar-refractivity contribution < 1.29 is 0 Å². The van der Waals surface area contributed by atoms with Crippen LogP contribution < -0.4 is 0 Å². The van der Waals surface area contributed by atoms with Crippen molar-refractivity contribution in [3.8, 4) is 0 Å². The van der Waals surface area contributed by atoms with E-state index >= 15 is 0 Å². The summed E-state index contributed by atoms with van der Waals surface area (Å²) in [6.45, 7) is 13.4. The second-order valence-electron chi connectivity index (χ2n) is 3.28. The van der Waals surface area contributed by atoms with Crippen LogP contribution in [0.1, 0.15) is 20.8 Å². The molecule has 0 amide bonds. The maximum Gasteiger partial charge on any atom is 0.101 e. The average molecular weight is 166 g/mol. The predicted molar refractivity (Wildman–Crippen MR) is 55.3 cm³/mol. The van der Waals surface area contributed by atoms with Gasteiger partial charge in [0.1, 0.15) is 5.84 Å². The van der Waals surface area contributed by atoms with E-state index in [4.69, 9.17) is 0 Å². The molecule has 0 fully saturated rings. The lowest BCUT2D eigenvalue weighted by Gasteiger charge is -2.34. The minimum Gasteiger partial charge on any atom is -0.355 e.